The van der Waals surface area contributed by atoms with Crippen molar-refractivity contribution in [1.82, 2.24) is 9.38 Å². The van der Waals surface area contributed by atoms with E-state index in [0.29, 0.717) is 5.69 Å². The summed E-state index contributed by atoms with van der Waals surface area (Å²) in [5, 5.41) is 11.6. The summed E-state index contributed by atoms with van der Waals surface area (Å²) in [4.78, 5) is 5.40. The fourth-order valence-corrected chi connectivity index (χ4v) is 22.6. The van der Waals surface area contributed by atoms with Gasteiger partial charge in [-0.2, -0.15) is 0 Å². The van der Waals surface area contributed by atoms with Gasteiger partial charge in [-0.25, -0.2) is 0 Å². The second kappa shape index (κ2) is 9.08. The molecule has 0 aliphatic carbocycles. The van der Waals surface area contributed by atoms with Gasteiger partial charge in [0.25, 0.3) is 0 Å². The average molecular weight is 438 g/mol. The molecule has 3 nitrogen and oxygen atoms in total. The van der Waals surface area contributed by atoms with Crippen LogP contribution in [0.5, 0.6) is 0 Å². The molecule has 0 radical (unpaired) electrons. The minimum atomic E-state index is -2.43. The molecule has 0 amide bonds. The Morgan fingerprint density at radius 2 is 1.65 bits per heavy atom. The predicted octanol–water partition coefficient (Wildman–Crippen LogP) is 5.32. The molecule has 0 fully saturated rings. The molecule has 23 heavy (non-hydrogen) atoms. The summed E-state index contributed by atoms with van der Waals surface area (Å²) in [5.74, 6) is 0. The van der Waals surface area contributed by atoms with Crippen LogP contribution in [0.25, 0.3) is 4.83 Å². The fraction of sp³-hybridized carbons (Fsp3) is 0.667. The van der Waals surface area contributed by atoms with E-state index >= 15 is 0 Å². The van der Waals surface area contributed by atoms with Crippen molar-refractivity contribution < 1.29 is 0 Å². The van der Waals surface area contributed by atoms with Crippen molar-refractivity contribution in [1.29, 1.82) is 5.26 Å². The van der Waals surface area contributed by atoms with E-state index in [1.165, 1.54) is 51.8 Å². The van der Waals surface area contributed by atoms with Crippen LogP contribution in [0.3, 0.4) is 0 Å². The molecule has 0 atom stereocenters. The standard InChI is InChI=1S/C6H2N3S.3C4H9.Sn/c7-3-5-6-9(4-8-5)1-2-10-6;3*1-3-4-2;/h2,4H;3*1,3-4H2,2H3;. The van der Waals surface area contributed by atoms with E-state index in [1.807, 2.05) is 6.33 Å². The summed E-state index contributed by atoms with van der Waals surface area (Å²) in [6.07, 6.45) is 9.86. The molecule has 126 valence electrons. The Morgan fingerprint density at radius 3 is 2.13 bits per heavy atom. The number of rotatable bonds is 10. The van der Waals surface area contributed by atoms with Gasteiger partial charge in [0.2, 0.25) is 0 Å². The van der Waals surface area contributed by atoms with Gasteiger partial charge in [-0.3, -0.25) is 0 Å². The van der Waals surface area contributed by atoms with Crippen LogP contribution in [0.4, 0.5) is 0 Å². The Labute approximate surface area is 148 Å². The van der Waals surface area contributed by atoms with Crippen molar-refractivity contribution in [2.24, 2.45) is 0 Å². The average Bonchev–Trinajstić information content (AvgIpc) is 3.16. The number of imidazole rings is 1. The van der Waals surface area contributed by atoms with E-state index in [4.69, 9.17) is 0 Å². The summed E-state index contributed by atoms with van der Waals surface area (Å²) in [6.45, 7) is 6.93. The summed E-state index contributed by atoms with van der Waals surface area (Å²) in [7, 11) is 0. The number of unbranched alkanes of at least 4 members (excludes halogenated alkanes) is 3. The molecule has 0 aliphatic rings. The molecular formula is C18H29N3SSn. The second-order valence-corrected chi connectivity index (χ2v) is 20.5. The Kier molecular flexibility index (Phi) is 7.42. The van der Waals surface area contributed by atoms with Gasteiger partial charge in [0.1, 0.15) is 0 Å². The van der Waals surface area contributed by atoms with E-state index in [0.717, 1.165) is 4.83 Å². The zero-order chi connectivity index (χ0) is 16.7. The number of aromatic nitrogens is 2. The molecule has 2 aromatic rings. The summed E-state index contributed by atoms with van der Waals surface area (Å²) in [5.41, 5.74) is 0.600. The third kappa shape index (κ3) is 4.11. The monoisotopic (exact) mass is 439 g/mol. The fourth-order valence-electron chi connectivity index (χ4n) is 3.55. The first-order valence-electron chi connectivity index (χ1n) is 9.07. The van der Waals surface area contributed by atoms with E-state index in [2.05, 4.69) is 41.6 Å². The van der Waals surface area contributed by atoms with Crippen molar-refractivity contribution in [2.45, 2.75) is 72.6 Å². The van der Waals surface area contributed by atoms with Gasteiger partial charge in [-0.05, 0) is 0 Å². The van der Waals surface area contributed by atoms with Gasteiger partial charge < -0.3 is 0 Å². The van der Waals surface area contributed by atoms with Crippen molar-refractivity contribution in [2.75, 3.05) is 0 Å². The first kappa shape index (κ1) is 18.8. The third-order valence-corrected chi connectivity index (χ3v) is 21.9. The molecule has 0 bridgehead atoms. The maximum atomic E-state index is 9.26. The van der Waals surface area contributed by atoms with Crippen LogP contribution in [0.2, 0.25) is 13.3 Å². The number of hydrogen-bond donors (Lipinski definition) is 0. The minimum absolute atomic E-state index is 0.600. The predicted molar refractivity (Wildman–Crippen MR) is 102 cm³/mol. The van der Waals surface area contributed by atoms with E-state index in [9.17, 15) is 5.26 Å². The quantitative estimate of drug-likeness (QED) is 0.471. The second-order valence-electron chi connectivity index (χ2n) is 6.59. The van der Waals surface area contributed by atoms with Crippen molar-refractivity contribution in [3.8, 4) is 6.07 Å². The Hall–Kier alpha value is -0.541. The van der Waals surface area contributed by atoms with Crippen LogP contribution in [0, 0.1) is 11.3 Å². The van der Waals surface area contributed by atoms with Gasteiger partial charge in [-0.1, -0.05) is 0 Å². The van der Waals surface area contributed by atoms with Crippen LogP contribution in [-0.2, 0) is 0 Å². The molecule has 0 aromatic carbocycles. The van der Waals surface area contributed by atoms with Gasteiger partial charge in [0.15, 0.2) is 0 Å². The van der Waals surface area contributed by atoms with Crippen LogP contribution in [0.1, 0.15) is 65.0 Å². The zero-order valence-electron chi connectivity index (χ0n) is 14.8. The van der Waals surface area contributed by atoms with Gasteiger partial charge in [-0.15, -0.1) is 0 Å². The van der Waals surface area contributed by atoms with Crippen molar-refractivity contribution in [3.63, 3.8) is 0 Å². The molecule has 0 saturated carbocycles. The SMILES string of the molecule is CCC[CH2][Sn]([CH2]CCC)([CH2]CCC)[c]1csc2c(C#N)ncn12. The van der Waals surface area contributed by atoms with Gasteiger partial charge in [0.05, 0.1) is 0 Å². The van der Waals surface area contributed by atoms with Crippen molar-refractivity contribution in [3.05, 3.63) is 17.4 Å². The molecular weight excluding hydrogens is 409 g/mol. The van der Waals surface area contributed by atoms with Crippen LogP contribution < -0.4 is 3.71 Å². The Morgan fingerprint density at radius 1 is 1.09 bits per heavy atom. The topological polar surface area (TPSA) is 41.1 Å². The molecule has 0 N–H and O–H groups in total. The normalized spacial score (nSPS) is 11.9. The van der Waals surface area contributed by atoms with E-state index in [-0.39, 0.29) is 0 Å². The Balaban J connectivity index is 2.46. The summed E-state index contributed by atoms with van der Waals surface area (Å²) < 4.78 is 8.26. The molecule has 2 heterocycles. The number of nitriles is 1. The van der Waals surface area contributed by atoms with Crippen molar-refractivity contribution >= 4 is 38.3 Å². The summed E-state index contributed by atoms with van der Waals surface area (Å²) in [6, 6.07) is 2.25. The van der Waals surface area contributed by atoms with E-state index in [1.54, 1.807) is 15.0 Å². The van der Waals surface area contributed by atoms with E-state index < -0.39 is 18.4 Å². The van der Waals surface area contributed by atoms with Crippen LogP contribution in [-0.4, -0.2) is 27.8 Å². The maximum absolute atomic E-state index is 9.26. The Bertz CT molecular complexity index is 631. The summed E-state index contributed by atoms with van der Waals surface area (Å²) >= 11 is -0.697. The molecule has 2 aromatic heterocycles. The molecule has 5 heteroatoms. The molecule has 0 unspecified atom stereocenters. The van der Waals surface area contributed by atoms with Gasteiger partial charge >= 0.3 is 149 Å². The molecule has 0 saturated heterocycles. The third-order valence-electron chi connectivity index (χ3n) is 4.94. The first-order valence-corrected chi connectivity index (χ1v) is 17.4. The van der Waals surface area contributed by atoms with Crippen LogP contribution in [0.15, 0.2) is 11.7 Å². The van der Waals surface area contributed by atoms with Crippen LogP contribution >= 0.6 is 11.3 Å². The molecule has 2 rings (SSSR count). The zero-order valence-corrected chi connectivity index (χ0v) is 18.4. The number of fused-ring (bicyclic) bond motifs is 1. The number of hydrogen-bond acceptors (Lipinski definition) is 3. The molecule has 0 spiro atoms. The number of nitrogens with zero attached hydrogens (tertiary/aromatic N) is 3. The van der Waals surface area contributed by atoms with Gasteiger partial charge in [0, 0.05) is 0 Å². The molecule has 0 aliphatic heterocycles. The number of thiazole rings is 1. The first-order chi connectivity index (χ1) is 11.2.